The van der Waals surface area contributed by atoms with Crippen LogP contribution in [0, 0.1) is 5.82 Å². The summed E-state index contributed by atoms with van der Waals surface area (Å²) in [6.45, 7) is 0. The molecule has 0 fully saturated rings. The summed E-state index contributed by atoms with van der Waals surface area (Å²) in [5.74, 6) is -0.618. The third kappa shape index (κ3) is 4.66. The molecule has 0 spiro atoms. The van der Waals surface area contributed by atoms with Crippen molar-refractivity contribution in [1.29, 1.82) is 0 Å². The predicted molar refractivity (Wildman–Crippen MR) is 117 cm³/mol. The summed E-state index contributed by atoms with van der Waals surface area (Å²) in [6, 6.07) is 12.9. The number of aromatic nitrogens is 2. The van der Waals surface area contributed by atoms with Gasteiger partial charge in [0.2, 0.25) is 12.2 Å². The van der Waals surface area contributed by atoms with Gasteiger partial charge in [0.05, 0.1) is 11.4 Å². The lowest BCUT2D eigenvalue weighted by atomic mass is 10.1. The van der Waals surface area contributed by atoms with Gasteiger partial charge < -0.3 is 10.6 Å². The fraction of sp³-hybridized carbons (Fsp3) is 0.0909. The van der Waals surface area contributed by atoms with Crippen LogP contribution in [0.2, 0.25) is 0 Å². The number of amides is 1. The van der Waals surface area contributed by atoms with Gasteiger partial charge in [-0.1, -0.05) is 0 Å². The van der Waals surface area contributed by atoms with Gasteiger partial charge in [0.1, 0.15) is 15.5 Å². The van der Waals surface area contributed by atoms with Gasteiger partial charge in [-0.25, -0.2) is 9.37 Å². The second kappa shape index (κ2) is 9.23. The Balaban J connectivity index is 0.000000461. The van der Waals surface area contributed by atoms with Crippen molar-refractivity contribution in [3.63, 3.8) is 0 Å². The number of hydrogen-bond acceptors (Lipinski definition) is 6. The van der Waals surface area contributed by atoms with Crippen LogP contribution in [0.4, 0.5) is 10.1 Å². The Labute approximate surface area is 176 Å². The van der Waals surface area contributed by atoms with E-state index < -0.39 is 0 Å². The van der Waals surface area contributed by atoms with Gasteiger partial charge in [0, 0.05) is 43.0 Å². The fourth-order valence-electron chi connectivity index (χ4n) is 2.57. The highest BCUT2D eigenvalue weighted by Crippen LogP contribution is 2.35. The highest BCUT2D eigenvalue weighted by atomic mass is 32.1. The molecule has 4 rings (SSSR count). The highest BCUT2D eigenvalue weighted by Gasteiger charge is 2.19. The molecule has 4 aromatic rings. The standard InChI is InChI=1S/C19H12FN3OS.C3H7NO/c20-13-5-3-11(4-6-13)17(24)18-16(21)14-7-8-15(23-19(14)25-18)12-2-1-9-22-10-12;1-4(2)3-5/h1-10H,21H2;3H,1-2H3. The molecule has 0 bridgehead atoms. The number of fused-ring (bicyclic) bond motifs is 1. The first kappa shape index (κ1) is 21.1. The van der Waals surface area contributed by atoms with Crippen molar-refractivity contribution < 1.29 is 14.0 Å². The number of rotatable bonds is 4. The molecule has 1 aromatic carbocycles. The molecule has 3 aromatic heterocycles. The van der Waals surface area contributed by atoms with Crippen LogP contribution >= 0.6 is 11.3 Å². The number of nitrogen functional groups attached to an aromatic ring is 1. The van der Waals surface area contributed by atoms with E-state index in [2.05, 4.69) is 9.97 Å². The molecule has 0 saturated carbocycles. The smallest absolute Gasteiger partial charge is 0.209 e. The first-order valence-corrected chi connectivity index (χ1v) is 9.73. The summed E-state index contributed by atoms with van der Waals surface area (Å²) in [7, 11) is 3.38. The quantitative estimate of drug-likeness (QED) is 0.396. The zero-order valence-corrected chi connectivity index (χ0v) is 17.2. The SMILES string of the molecule is CN(C)C=O.Nc1c(C(=O)c2ccc(F)cc2)sc2nc(-c3cccnc3)ccc12. The number of thiophene rings is 1. The topological polar surface area (TPSA) is 89.2 Å². The minimum atomic E-state index is -0.386. The lowest BCUT2D eigenvalue weighted by molar-refractivity contribution is -0.115. The lowest BCUT2D eigenvalue weighted by Crippen LogP contribution is -2.06. The number of carbonyl (C=O) groups excluding carboxylic acids is 2. The van der Waals surface area contributed by atoms with Crippen LogP contribution in [0.25, 0.3) is 21.5 Å². The van der Waals surface area contributed by atoms with E-state index in [0.717, 1.165) is 23.1 Å². The van der Waals surface area contributed by atoms with Gasteiger partial charge in [0.25, 0.3) is 0 Å². The Bertz CT molecular complexity index is 1180. The normalized spacial score (nSPS) is 10.2. The van der Waals surface area contributed by atoms with Crippen molar-refractivity contribution in [2.24, 2.45) is 0 Å². The zero-order valence-electron chi connectivity index (χ0n) is 16.4. The van der Waals surface area contributed by atoms with Crippen molar-refractivity contribution in [3.8, 4) is 11.3 Å². The van der Waals surface area contributed by atoms with E-state index in [4.69, 9.17) is 5.73 Å². The van der Waals surface area contributed by atoms with Gasteiger partial charge in [-0.15, -0.1) is 11.3 Å². The molecular weight excluding hydrogens is 403 g/mol. The molecule has 0 aliphatic carbocycles. The highest BCUT2D eigenvalue weighted by molar-refractivity contribution is 7.21. The molecule has 1 amide bonds. The Morgan fingerprint density at radius 3 is 2.43 bits per heavy atom. The Morgan fingerprint density at radius 2 is 1.83 bits per heavy atom. The molecule has 6 nitrogen and oxygen atoms in total. The van der Waals surface area contributed by atoms with E-state index >= 15 is 0 Å². The average Bonchev–Trinajstić information content (AvgIpc) is 3.10. The van der Waals surface area contributed by atoms with Gasteiger partial charge in [-0.2, -0.15) is 0 Å². The largest absolute Gasteiger partial charge is 0.397 e. The van der Waals surface area contributed by atoms with E-state index in [-0.39, 0.29) is 11.6 Å². The fourth-order valence-corrected chi connectivity index (χ4v) is 3.63. The monoisotopic (exact) mass is 422 g/mol. The van der Waals surface area contributed by atoms with Crippen molar-refractivity contribution in [2.45, 2.75) is 0 Å². The number of pyridine rings is 2. The summed E-state index contributed by atoms with van der Waals surface area (Å²) in [4.78, 5) is 33.3. The number of ketones is 1. The van der Waals surface area contributed by atoms with E-state index in [1.54, 1.807) is 26.5 Å². The molecule has 0 radical (unpaired) electrons. The average molecular weight is 422 g/mol. The minimum Gasteiger partial charge on any atom is -0.397 e. The molecule has 8 heteroatoms. The number of halogens is 1. The molecular formula is C22H19FN4O2S. The maximum absolute atomic E-state index is 13.1. The van der Waals surface area contributed by atoms with Crippen molar-refractivity contribution >= 4 is 39.4 Å². The van der Waals surface area contributed by atoms with Gasteiger partial charge >= 0.3 is 0 Å². The molecule has 30 heavy (non-hydrogen) atoms. The van der Waals surface area contributed by atoms with E-state index in [1.165, 1.54) is 40.5 Å². The van der Waals surface area contributed by atoms with Gasteiger partial charge in [0.15, 0.2) is 0 Å². The molecule has 152 valence electrons. The maximum atomic E-state index is 13.1. The molecule has 3 heterocycles. The van der Waals surface area contributed by atoms with Crippen molar-refractivity contribution in [3.05, 3.63) is 77.2 Å². The van der Waals surface area contributed by atoms with Crippen LogP contribution in [0.15, 0.2) is 60.9 Å². The van der Waals surface area contributed by atoms with Gasteiger partial charge in [-0.05, 0) is 48.5 Å². The summed E-state index contributed by atoms with van der Waals surface area (Å²) in [6.07, 6.45) is 4.18. The van der Waals surface area contributed by atoms with Crippen LogP contribution < -0.4 is 5.73 Å². The maximum Gasteiger partial charge on any atom is 0.209 e. The summed E-state index contributed by atoms with van der Waals surface area (Å²) in [5.41, 5.74) is 8.61. The zero-order chi connectivity index (χ0) is 21.7. The minimum absolute atomic E-state index is 0.233. The molecule has 0 aliphatic rings. The number of hydrogen-bond donors (Lipinski definition) is 1. The molecule has 0 aliphatic heterocycles. The van der Waals surface area contributed by atoms with Crippen LogP contribution in [0.3, 0.4) is 0 Å². The van der Waals surface area contributed by atoms with E-state index in [1.807, 2.05) is 24.3 Å². The van der Waals surface area contributed by atoms with Gasteiger partial charge in [-0.3, -0.25) is 14.6 Å². The second-order valence-corrected chi connectivity index (χ2v) is 7.54. The Hall–Kier alpha value is -3.65. The van der Waals surface area contributed by atoms with Crippen LogP contribution in [0.1, 0.15) is 15.2 Å². The van der Waals surface area contributed by atoms with Crippen LogP contribution in [-0.4, -0.2) is 41.2 Å². The number of carbonyl (C=O) groups is 2. The first-order valence-electron chi connectivity index (χ1n) is 8.92. The molecule has 0 unspecified atom stereocenters. The third-order valence-electron chi connectivity index (χ3n) is 4.07. The summed E-state index contributed by atoms with van der Waals surface area (Å²) >= 11 is 1.24. The molecule has 2 N–H and O–H groups in total. The van der Waals surface area contributed by atoms with Crippen LogP contribution in [0.5, 0.6) is 0 Å². The predicted octanol–water partition coefficient (Wildman–Crippen LogP) is 4.02. The summed E-state index contributed by atoms with van der Waals surface area (Å²) in [5, 5.41) is 0.739. The first-order chi connectivity index (χ1) is 14.4. The van der Waals surface area contributed by atoms with Crippen molar-refractivity contribution in [2.75, 3.05) is 19.8 Å². The second-order valence-electron chi connectivity index (χ2n) is 6.54. The molecule has 0 atom stereocenters. The van der Waals surface area contributed by atoms with Crippen LogP contribution in [-0.2, 0) is 4.79 Å². The Morgan fingerprint density at radius 1 is 1.13 bits per heavy atom. The number of nitrogens with zero attached hydrogens (tertiary/aromatic N) is 3. The number of benzene rings is 1. The number of nitrogens with two attached hydrogens (primary N) is 1. The summed E-state index contributed by atoms with van der Waals surface area (Å²) < 4.78 is 13.1. The Kier molecular flexibility index (Phi) is 6.48. The number of anilines is 1. The van der Waals surface area contributed by atoms with Crippen molar-refractivity contribution in [1.82, 2.24) is 14.9 Å². The van der Waals surface area contributed by atoms with E-state index in [0.29, 0.717) is 21.0 Å². The molecule has 0 saturated heterocycles. The third-order valence-corrected chi connectivity index (χ3v) is 5.19. The van der Waals surface area contributed by atoms with E-state index in [9.17, 15) is 14.0 Å². The lowest BCUT2D eigenvalue weighted by Gasteiger charge is -2.00.